The number of aliphatic hydroxyl groups excluding tert-OH is 1. The Morgan fingerprint density at radius 3 is 1.95 bits per heavy atom. The zero-order chi connectivity index (χ0) is 40.8. The summed E-state index contributed by atoms with van der Waals surface area (Å²) in [7, 11) is -5.29. The molecule has 0 aliphatic carbocycles. The molecule has 3 amide bonds. The molecule has 20 heteroatoms. The van der Waals surface area contributed by atoms with Gasteiger partial charge >= 0.3 is 63.3 Å². The van der Waals surface area contributed by atoms with Gasteiger partial charge in [0.05, 0.1) is 19.1 Å². The molecule has 0 radical (unpaired) electrons. The van der Waals surface area contributed by atoms with Gasteiger partial charge in [-0.1, -0.05) is 84.5 Å². The van der Waals surface area contributed by atoms with E-state index >= 15 is 0 Å². The number of nitrogens with two attached hydrogens (primary N) is 1. The minimum Gasteiger partial charge on any atom is -0.726 e. The maximum absolute atomic E-state index is 14.0. The van der Waals surface area contributed by atoms with Crippen molar-refractivity contribution in [1.29, 1.82) is 0 Å². The number of rotatable bonds is 29. The predicted molar refractivity (Wildman–Crippen MR) is 194 cm³/mol. The van der Waals surface area contributed by atoms with Crippen LogP contribution < -0.4 is 67.8 Å². The molecule has 1 aliphatic rings. The van der Waals surface area contributed by atoms with Crippen LogP contribution in [0.3, 0.4) is 0 Å². The Kier molecular flexibility index (Phi) is 28.3. The Morgan fingerprint density at radius 1 is 0.891 bits per heavy atom. The molecule has 1 rings (SSSR count). The third-order valence-electron chi connectivity index (χ3n) is 9.09. The molecule has 4 unspecified atom stereocenters. The first-order chi connectivity index (χ1) is 25.4. The van der Waals surface area contributed by atoms with E-state index in [0.29, 0.717) is 12.8 Å². The minimum atomic E-state index is -5.29. The van der Waals surface area contributed by atoms with Crippen molar-refractivity contribution < 1.29 is 117 Å². The van der Waals surface area contributed by atoms with Gasteiger partial charge in [0.25, 0.3) is 0 Å². The molecule has 0 aromatic carbocycles. The number of carbonyl (C=O) groups is 5. The van der Waals surface area contributed by atoms with Gasteiger partial charge in [0.15, 0.2) is 12.3 Å². The molecule has 1 heterocycles. The van der Waals surface area contributed by atoms with Gasteiger partial charge in [-0.3, -0.25) is 23.4 Å². The molecule has 1 fully saturated rings. The first-order valence-corrected chi connectivity index (χ1v) is 20.4. The van der Waals surface area contributed by atoms with Crippen molar-refractivity contribution in [3.8, 4) is 0 Å². The Bertz CT molecular complexity index is 1280. The first-order valence-electron chi connectivity index (χ1n) is 19.1. The second kappa shape index (κ2) is 29.0. The van der Waals surface area contributed by atoms with Crippen LogP contribution in [0.4, 0.5) is 0 Å². The van der Waals surface area contributed by atoms with Gasteiger partial charge < -0.3 is 50.6 Å². The molecular formula is C35H63KN4O14S. The third-order valence-corrected chi connectivity index (χ3v) is 9.52. The number of nitrogens with zero attached hydrogens (tertiary/aromatic N) is 1. The van der Waals surface area contributed by atoms with E-state index in [1.165, 1.54) is 11.8 Å². The number of ether oxygens (including phenoxy) is 2. The maximum Gasteiger partial charge on any atom is 1.00 e. The summed E-state index contributed by atoms with van der Waals surface area (Å²) >= 11 is 0. The van der Waals surface area contributed by atoms with Crippen LogP contribution in [0.2, 0.25) is 0 Å². The van der Waals surface area contributed by atoms with Gasteiger partial charge in [-0.15, -0.1) is 0 Å². The molecule has 55 heavy (non-hydrogen) atoms. The van der Waals surface area contributed by atoms with Crippen LogP contribution in [0.25, 0.3) is 0 Å². The number of hydrogen-bond acceptors (Lipinski definition) is 13. The van der Waals surface area contributed by atoms with Crippen molar-refractivity contribution in [3.63, 3.8) is 0 Å². The first kappa shape index (κ1) is 53.7. The summed E-state index contributed by atoms with van der Waals surface area (Å²) in [4.78, 5) is 64.8. The molecule has 0 bridgehead atoms. The molecule has 1 saturated heterocycles. The van der Waals surface area contributed by atoms with Crippen LogP contribution in [-0.4, -0.2) is 125 Å². The number of carboxylic acid groups (broad SMARTS) is 2. The Balaban J connectivity index is 0.0000292. The summed E-state index contributed by atoms with van der Waals surface area (Å²) in [6.07, 6.45) is 2.04. The van der Waals surface area contributed by atoms with Gasteiger partial charge in [-0.2, -0.15) is 0 Å². The fourth-order valence-corrected chi connectivity index (χ4v) is 6.42. The van der Waals surface area contributed by atoms with Crippen LogP contribution in [0.15, 0.2) is 0 Å². The quantitative estimate of drug-likeness (QED) is 0.0226. The van der Waals surface area contributed by atoms with Crippen LogP contribution in [-0.2, 0) is 48.0 Å². The number of aliphatic carboxylic acids is 2. The molecule has 8 atom stereocenters. The molecule has 0 aromatic rings. The molecule has 1 aliphatic heterocycles. The minimum absolute atomic E-state index is 0. The topological polar surface area (TPSA) is 284 Å². The Morgan fingerprint density at radius 2 is 1.44 bits per heavy atom. The number of nitrogens with one attached hydrogen (secondary N) is 2. The van der Waals surface area contributed by atoms with Crippen molar-refractivity contribution in [2.45, 2.75) is 179 Å². The number of aliphatic hydroxyl groups is 1. The van der Waals surface area contributed by atoms with Crippen LogP contribution in [0.1, 0.15) is 130 Å². The molecule has 18 nitrogen and oxygen atoms in total. The van der Waals surface area contributed by atoms with E-state index in [4.69, 9.17) is 15.2 Å². The van der Waals surface area contributed by atoms with Crippen LogP contribution in [0, 0.1) is 0 Å². The van der Waals surface area contributed by atoms with E-state index in [0.717, 1.165) is 77.6 Å². The van der Waals surface area contributed by atoms with Gasteiger partial charge in [0, 0.05) is 25.4 Å². The van der Waals surface area contributed by atoms with E-state index in [-0.39, 0.29) is 64.4 Å². The molecule has 314 valence electrons. The standard InChI is InChI=1S/C35H64N4O14S.K/c1-5-7-9-11-13-14-16-18-28(41)39(19-17-15-12-10-8-6-2)34-30(38-27(40)20-25(21-29(42)43)37-33(45)23(3)36)32(52-24(4)35(46)47)31(44)26(53-34)22-51-54(48,49)50;/h23-26,30-32,34,44H,5-22,36H2,1-4H3,(H,37,45)(H,38,40)(H,42,43)(H,46,47)(H,48,49,50);/q;+1/p-1/t23?,24?,25?,26-,30-,31-,32-,34?;/m1./s1. The van der Waals surface area contributed by atoms with E-state index in [1.54, 1.807) is 0 Å². The zero-order valence-electron chi connectivity index (χ0n) is 33.1. The predicted octanol–water partition coefficient (Wildman–Crippen LogP) is -1.08. The van der Waals surface area contributed by atoms with Crippen molar-refractivity contribution >= 4 is 40.1 Å². The fraction of sp³-hybridized carbons (Fsp3) is 0.857. The molecule has 0 saturated carbocycles. The van der Waals surface area contributed by atoms with E-state index in [9.17, 15) is 52.3 Å². The summed E-state index contributed by atoms with van der Waals surface area (Å²) < 4.78 is 50.5. The van der Waals surface area contributed by atoms with E-state index in [2.05, 4.69) is 28.7 Å². The third kappa shape index (κ3) is 22.4. The van der Waals surface area contributed by atoms with E-state index < -0.39 is 108 Å². The summed E-state index contributed by atoms with van der Waals surface area (Å²) in [6.45, 7) is 5.78. The maximum atomic E-state index is 14.0. The van der Waals surface area contributed by atoms with Crippen molar-refractivity contribution in [3.05, 3.63) is 0 Å². The van der Waals surface area contributed by atoms with E-state index in [1.807, 2.05) is 0 Å². The van der Waals surface area contributed by atoms with Crippen molar-refractivity contribution in [2.75, 3.05) is 13.2 Å². The molecule has 0 aromatic heterocycles. The molecular weight excluding hydrogens is 772 g/mol. The average molecular weight is 835 g/mol. The summed E-state index contributed by atoms with van der Waals surface area (Å²) in [5.74, 6) is -4.79. The number of hydrogen-bond donors (Lipinski definition) is 6. The summed E-state index contributed by atoms with van der Waals surface area (Å²) in [5, 5.41) is 35.5. The van der Waals surface area contributed by atoms with Crippen molar-refractivity contribution in [2.24, 2.45) is 5.73 Å². The summed E-state index contributed by atoms with van der Waals surface area (Å²) in [5.41, 5.74) is 5.61. The number of amides is 3. The number of unbranched alkanes of at least 4 members (excludes halogenated alkanes) is 11. The number of carboxylic acids is 2. The summed E-state index contributed by atoms with van der Waals surface area (Å²) in [6, 6.07) is -3.78. The Labute approximate surface area is 368 Å². The fourth-order valence-electron chi connectivity index (χ4n) is 6.12. The Hall–Kier alpha value is -1.30. The monoisotopic (exact) mass is 834 g/mol. The average Bonchev–Trinajstić information content (AvgIpc) is 3.08. The normalized spacial score (nSPS) is 21.4. The van der Waals surface area contributed by atoms with Crippen LogP contribution in [0.5, 0.6) is 0 Å². The van der Waals surface area contributed by atoms with Gasteiger partial charge in [-0.05, 0) is 26.7 Å². The van der Waals surface area contributed by atoms with Gasteiger partial charge in [-0.25, -0.2) is 13.2 Å². The zero-order valence-corrected chi connectivity index (χ0v) is 37.1. The second-order valence-electron chi connectivity index (χ2n) is 13.9. The smallest absolute Gasteiger partial charge is 0.726 e. The van der Waals surface area contributed by atoms with Crippen LogP contribution >= 0.6 is 0 Å². The SMILES string of the molecule is CCCCCCCCCC(=O)N(CCCCCCCC)C1O[C@H](COS(=O)(=O)[O-])[C@@H](O)[C@H](OC(C)C(=O)O)[C@H]1NC(=O)CC(CC(=O)O)NC(=O)C(C)N.[K+]. The molecule has 7 N–H and O–H groups in total. The largest absolute Gasteiger partial charge is 1.00 e. The van der Waals surface area contributed by atoms with Gasteiger partial charge in [0.2, 0.25) is 28.1 Å². The van der Waals surface area contributed by atoms with Gasteiger partial charge in [0.1, 0.15) is 24.4 Å². The molecule has 0 spiro atoms. The van der Waals surface area contributed by atoms with Crippen molar-refractivity contribution in [1.82, 2.24) is 15.5 Å². The second-order valence-corrected chi connectivity index (χ2v) is 15.0. The number of carbonyl (C=O) groups excluding carboxylic acids is 3.